The first-order valence-electron chi connectivity index (χ1n) is 6.12. The topological polar surface area (TPSA) is 64.3 Å². The summed E-state index contributed by atoms with van der Waals surface area (Å²) >= 11 is 8.20. The largest absolute Gasteiger partial charge is 0.484 e. The van der Waals surface area contributed by atoms with Crippen molar-refractivity contribution in [1.29, 1.82) is 0 Å². The van der Waals surface area contributed by atoms with Crippen LogP contribution in [0.1, 0.15) is 5.56 Å². The maximum Gasteiger partial charge on any atom is 0.262 e. The van der Waals surface area contributed by atoms with Crippen molar-refractivity contribution in [1.82, 2.24) is 0 Å². The van der Waals surface area contributed by atoms with Gasteiger partial charge in [0.25, 0.3) is 5.91 Å². The highest BCUT2D eigenvalue weighted by Gasteiger charge is 2.04. The summed E-state index contributed by atoms with van der Waals surface area (Å²) in [7, 11) is 0. The van der Waals surface area contributed by atoms with Crippen molar-refractivity contribution in [3.05, 3.63) is 58.6 Å². The average Bonchev–Trinajstić information content (AvgIpc) is 2.47. The van der Waals surface area contributed by atoms with Crippen molar-refractivity contribution in [2.24, 2.45) is 5.73 Å². The number of rotatable bonds is 5. The van der Waals surface area contributed by atoms with Gasteiger partial charge in [0, 0.05) is 15.7 Å². The van der Waals surface area contributed by atoms with Crippen LogP contribution in [0, 0.1) is 0 Å². The molecule has 0 bridgehead atoms. The molecule has 6 heteroatoms. The molecule has 0 aliphatic heterocycles. The van der Waals surface area contributed by atoms with E-state index in [9.17, 15) is 4.79 Å². The van der Waals surface area contributed by atoms with Gasteiger partial charge in [0.15, 0.2) is 6.61 Å². The molecule has 4 nitrogen and oxygen atoms in total. The van der Waals surface area contributed by atoms with E-state index in [-0.39, 0.29) is 12.5 Å². The predicted octanol–water partition coefficient (Wildman–Crippen LogP) is 3.10. The standard InChI is InChI=1S/C15H13BrN2O2S/c16-11-3-7-13(8-4-11)20-9-14(19)18-12-5-1-10(2-6-12)15(17)21/h1-8H,9H2,(H2,17,21)(H,18,19). The van der Waals surface area contributed by atoms with Crippen LogP contribution in [-0.2, 0) is 4.79 Å². The van der Waals surface area contributed by atoms with Gasteiger partial charge in [0.05, 0.1) is 0 Å². The van der Waals surface area contributed by atoms with Gasteiger partial charge in [0.1, 0.15) is 10.7 Å². The first-order chi connectivity index (χ1) is 10.0. The molecule has 0 aliphatic rings. The zero-order valence-electron chi connectivity index (χ0n) is 11.0. The highest BCUT2D eigenvalue weighted by Crippen LogP contribution is 2.16. The number of thiocarbonyl (C=S) groups is 1. The van der Waals surface area contributed by atoms with Gasteiger partial charge in [-0.25, -0.2) is 0 Å². The van der Waals surface area contributed by atoms with Crippen molar-refractivity contribution in [2.45, 2.75) is 0 Å². The Balaban J connectivity index is 1.86. The van der Waals surface area contributed by atoms with Gasteiger partial charge in [-0.2, -0.15) is 0 Å². The van der Waals surface area contributed by atoms with E-state index in [0.29, 0.717) is 16.4 Å². The lowest BCUT2D eigenvalue weighted by molar-refractivity contribution is -0.118. The summed E-state index contributed by atoms with van der Waals surface area (Å²) in [6.45, 7) is -0.0569. The summed E-state index contributed by atoms with van der Waals surface area (Å²) in [6.07, 6.45) is 0. The normalized spacial score (nSPS) is 9.95. The van der Waals surface area contributed by atoms with Crippen LogP contribution in [0.2, 0.25) is 0 Å². The fourth-order valence-corrected chi connectivity index (χ4v) is 2.00. The van der Waals surface area contributed by atoms with Gasteiger partial charge >= 0.3 is 0 Å². The van der Waals surface area contributed by atoms with Crippen molar-refractivity contribution in [2.75, 3.05) is 11.9 Å². The summed E-state index contributed by atoms with van der Waals surface area (Å²) < 4.78 is 6.34. The number of amides is 1. The number of nitrogens with two attached hydrogens (primary N) is 1. The summed E-state index contributed by atoms with van der Waals surface area (Å²) in [6, 6.07) is 14.3. The average molecular weight is 365 g/mol. The second-order valence-electron chi connectivity index (χ2n) is 4.23. The number of carbonyl (C=O) groups excluding carboxylic acids is 1. The number of hydrogen-bond donors (Lipinski definition) is 2. The number of hydrogen-bond acceptors (Lipinski definition) is 3. The molecule has 0 saturated heterocycles. The quantitative estimate of drug-likeness (QED) is 0.800. The maximum atomic E-state index is 11.8. The molecule has 0 aromatic heterocycles. The molecule has 2 aromatic rings. The minimum atomic E-state index is -0.235. The molecule has 2 aromatic carbocycles. The van der Waals surface area contributed by atoms with Crippen LogP contribution >= 0.6 is 28.1 Å². The Labute approximate surface area is 136 Å². The molecule has 0 heterocycles. The first-order valence-corrected chi connectivity index (χ1v) is 7.33. The summed E-state index contributed by atoms with van der Waals surface area (Å²) in [4.78, 5) is 12.1. The number of nitrogens with one attached hydrogen (secondary N) is 1. The van der Waals surface area contributed by atoms with Crippen molar-refractivity contribution < 1.29 is 9.53 Å². The second-order valence-corrected chi connectivity index (χ2v) is 5.59. The Kier molecular flexibility index (Phi) is 5.30. The van der Waals surface area contributed by atoms with Crippen molar-refractivity contribution in [3.63, 3.8) is 0 Å². The first kappa shape index (κ1) is 15.5. The van der Waals surface area contributed by atoms with E-state index < -0.39 is 0 Å². The number of benzene rings is 2. The van der Waals surface area contributed by atoms with E-state index in [1.165, 1.54) is 0 Å². The van der Waals surface area contributed by atoms with Gasteiger partial charge < -0.3 is 15.8 Å². The molecule has 1 amide bonds. The zero-order valence-corrected chi connectivity index (χ0v) is 13.4. The monoisotopic (exact) mass is 364 g/mol. The van der Waals surface area contributed by atoms with Crippen LogP contribution in [0.5, 0.6) is 5.75 Å². The van der Waals surface area contributed by atoms with Gasteiger partial charge in [-0.3, -0.25) is 4.79 Å². The molecular weight excluding hydrogens is 352 g/mol. The number of anilines is 1. The summed E-state index contributed by atoms with van der Waals surface area (Å²) in [5, 5.41) is 2.73. The lowest BCUT2D eigenvalue weighted by Crippen LogP contribution is -2.20. The molecular formula is C15H13BrN2O2S. The SMILES string of the molecule is NC(=S)c1ccc(NC(=O)COc2ccc(Br)cc2)cc1. The Morgan fingerprint density at radius 3 is 2.33 bits per heavy atom. The van der Waals surface area contributed by atoms with E-state index in [4.69, 9.17) is 22.7 Å². The van der Waals surface area contributed by atoms with Gasteiger partial charge in [0.2, 0.25) is 0 Å². The second kappa shape index (κ2) is 7.19. The third kappa shape index (κ3) is 4.84. The summed E-state index contributed by atoms with van der Waals surface area (Å²) in [5.41, 5.74) is 6.93. The van der Waals surface area contributed by atoms with Crippen LogP contribution in [-0.4, -0.2) is 17.5 Å². The molecule has 0 saturated carbocycles. The Morgan fingerprint density at radius 2 is 1.76 bits per heavy atom. The third-order valence-electron chi connectivity index (χ3n) is 2.64. The highest BCUT2D eigenvalue weighted by atomic mass is 79.9. The molecule has 108 valence electrons. The Bertz CT molecular complexity index is 642. The van der Waals surface area contributed by atoms with Crippen molar-refractivity contribution >= 4 is 44.7 Å². The minimum absolute atomic E-state index is 0.0569. The van der Waals surface area contributed by atoms with Crippen LogP contribution in [0.25, 0.3) is 0 Å². The molecule has 0 radical (unpaired) electrons. The van der Waals surface area contributed by atoms with E-state index in [1.807, 2.05) is 12.1 Å². The van der Waals surface area contributed by atoms with Crippen molar-refractivity contribution in [3.8, 4) is 5.75 Å². The zero-order chi connectivity index (χ0) is 15.2. The fourth-order valence-electron chi connectivity index (χ4n) is 1.59. The predicted molar refractivity (Wildman–Crippen MR) is 90.6 cm³/mol. The number of carbonyl (C=O) groups is 1. The molecule has 2 rings (SSSR count). The van der Waals surface area contributed by atoms with Crippen LogP contribution in [0.4, 0.5) is 5.69 Å². The van der Waals surface area contributed by atoms with Gasteiger partial charge in [-0.15, -0.1) is 0 Å². The lowest BCUT2D eigenvalue weighted by atomic mass is 10.2. The van der Waals surface area contributed by atoms with Crippen LogP contribution < -0.4 is 15.8 Å². The molecule has 0 atom stereocenters. The van der Waals surface area contributed by atoms with Crippen LogP contribution in [0.15, 0.2) is 53.0 Å². The smallest absolute Gasteiger partial charge is 0.262 e. The van der Waals surface area contributed by atoms with E-state index in [2.05, 4.69) is 21.2 Å². The van der Waals surface area contributed by atoms with Crippen LogP contribution in [0.3, 0.4) is 0 Å². The van der Waals surface area contributed by atoms with Gasteiger partial charge in [-0.05, 0) is 48.5 Å². The van der Waals surface area contributed by atoms with E-state index in [1.54, 1.807) is 36.4 Å². The van der Waals surface area contributed by atoms with Gasteiger partial charge in [-0.1, -0.05) is 28.1 Å². The third-order valence-corrected chi connectivity index (χ3v) is 3.40. The maximum absolute atomic E-state index is 11.8. The molecule has 3 N–H and O–H groups in total. The fraction of sp³-hybridized carbons (Fsp3) is 0.0667. The molecule has 0 fully saturated rings. The van der Waals surface area contributed by atoms with E-state index in [0.717, 1.165) is 10.0 Å². The Morgan fingerprint density at radius 1 is 1.14 bits per heavy atom. The number of ether oxygens (including phenoxy) is 1. The molecule has 21 heavy (non-hydrogen) atoms. The minimum Gasteiger partial charge on any atom is -0.484 e. The highest BCUT2D eigenvalue weighted by molar-refractivity contribution is 9.10. The van der Waals surface area contributed by atoms with E-state index >= 15 is 0 Å². The molecule has 0 aliphatic carbocycles. The molecule has 0 unspecified atom stereocenters. The summed E-state index contributed by atoms with van der Waals surface area (Å²) in [5.74, 6) is 0.401. The Hall–Kier alpha value is -1.92. The molecule has 0 spiro atoms. The number of halogens is 1. The lowest BCUT2D eigenvalue weighted by Gasteiger charge is -2.08.